The van der Waals surface area contributed by atoms with Crippen molar-refractivity contribution in [3.05, 3.63) is 17.5 Å². The van der Waals surface area contributed by atoms with Crippen LogP contribution in [0, 0.1) is 5.41 Å². The van der Waals surface area contributed by atoms with Crippen molar-refractivity contribution in [3.8, 4) is 0 Å². The molecule has 0 unspecified atom stereocenters. The number of aliphatic carboxylic acids is 1. The summed E-state index contributed by atoms with van der Waals surface area (Å²) in [5.41, 5.74) is 1.30. The molecule has 25 heavy (non-hydrogen) atoms. The van der Waals surface area contributed by atoms with Crippen LogP contribution >= 0.6 is 0 Å². The molecule has 1 aromatic heterocycles. The minimum atomic E-state index is -0.907. The fourth-order valence-electron chi connectivity index (χ4n) is 4.09. The first-order chi connectivity index (χ1) is 11.9. The molecular weight excluding hydrogens is 320 g/mol. The summed E-state index contributed by atoms with van der Waals surface area (Å²) in [5.74, 6) is -0.886. The van der Waals surface area contributed by atoms with Crippen LogP contribution in [0.5, 0.6) is 0 Å². The first-order valence-electron chi connectivity index (χ1n) is 9.19. The molecule has 0 radical (unpaired) electrons. The number of nitrogens with zero attached hydrogens (tertiary/aromatic N) is 3. The Hall–Kier alpha value is -1.89. The number of piperidine rings is 1. The summed E-state index contributed by atoms with van der Waals surface area (Å²) >= 11 is 0. The summed E-state index contributed by atoms with van der Waals surface area (Å²) in [7, 11) is 0. The maximum atomic E-state index is 13.2. The van der Waals surface area contributed by atoms with E-state index in [1.807, 2.05) is 26.8 Å². The lowest BCUT2D eigenvalue weighted by atomic mass is 9.77. The van der Waals surface area contributed by atoms with Crippen molar-refractivity contribution in [2.24, 2.45) is 5.41 Å². The third-order valence-electron chi connectivity index (χ3n) is 5.63. The zero-order chi connectivity index (χ0) is 18.2. The number of nitrogens with one attached hydrogen (secondary N) is 1. The second kappa shape index (κ2) is 6.78. The van der Waals surface area contributed by atoms with Crippen molar-refractivity contribution in [2.45, 2.75) is 58.5 Å². The molecule has 7 heteroatoms. The van der Waals surface area contributed by atoms with E-state index >= 15 is 0 Å². The van der Waals surface area contributed by atoms with Crippen LogP contribution in [0.4, 0.5) is 0 Å². The summed E-state index contributed by atoms with van der Waals surface area (Å²) in [6.45, 7) is 8.91. The van der Waals surface area contributed by atoms with Crippen LogP contribution in [0.25, 0.3) is 0 Å². The summed E-state index contributed by atoms with van der Waals surface area (Å²) in [6, 6.07) is 1.08. The van der Waals surface area contributed by atoms with E-state index in [9.17, 15) is 14.7 Å². The fraction of sp³-hybridized carbons (Fsp3) is 0.722. The van der Waals surface area contributed by atoms with Gasteiger partial charge in [0.15, 0.2) is 0 Å². The zero-order valence-corrected chi connectivity index (χ0v) is 15.3. The molecule has 138 valence electrons. The molecule has 2 fully saturated rings. The van der Waals surface area contributed by atoms with Crippen LogP contribution in [0.3, 0.4) is 0 Å². The standard InChI is InChI=1S/C18H28N4O3/c1-4-22-14(9-13(20-22)12(2)3)16(23)21-11-18(5-7-19-8-6-18)10-15(21)17(24)25/h9,12,15,19H,4-8,10-11H2,1-3H3,(H,24,25)/t15-/m1/s1. The second-order valence-electron chi connectivity index (χ2n) is 7.67. The van der Waals surface area contributed by atoms with E-state index in [0.717, 1.165) is 31.6 Å². The maximum Gasteiger partial charge on any atom is 0.326 e. The Bertz CT molecular complexity index is 661. The molecular formula is C18H28N4O3. The van der Waals surface area contributed by atoms with E-state index in [2.05, 4.69) is 10.4 Å². The molecule has 3 heterocycles. The van der Waals surface area contributed by atoms with Crippen molar-refractivity contribution < 1.29 is 14.7 Å². The van der Waals surface area contributed by atoms with Gasteiger partial charge in [0.1, 0.15) is 11.7 Å². The molecule has 0 aromatic carbocycles. The molecule has 1 aromatic rings. The van der Waals surface area contributed by atoms with Crippen LogP contribution in [-0.4, -0.2) is 57.3 Å². The molecule has 2 saturated heterocycles. The van der Waals surface area contributed by atoms with Crippen LogP contribution in [0.2, 0.25) is 0 Å². The minimum absolute atomic E-state index is 0.0675. The number of hydrogen-bond acceptors (Lipinski definition) is 4. The Morgan fingerprint density at radius 1 is 1.40 bits per heavy atom. The van der Waals surface area contributed by atoms with Gasteiger partial charge in [0.2, 0.25) is 0 Å². The number of carbonyl (C=O) groups excluding carboxylic acids is 1. The molecule has 7 nitrogen and oxygen atoms in total. The van der Waals surface area contributed by atoms with Gasteiger partial charge in [0, 0.05) is 13.1 Å². The van der Waals surface area contributed by atoms with Crippen molar-refractivity contribution in [3.63, 3.8) is 0 Å². The van der Waals surface area contributed by atoms with Gasteiger partial charge in [-0.05, 0) is 56.7 Å². The highest BCUT2D eigenvalue weighted by Crippen LogP contribution is 2.42. The Kier molecular flexibility index (Phi) is 4.86. The smallest absolute Gasteiger partial charge is 0.326 e. The van der Waals surface area contributed by atoms with E-state index in [-0.39, 0.29) is 17.2 Å². The molecule has 1 atom stereocenters. The summed E-state index contributed by atoms with van der Waals surface area (Å²) in [5, 5.41) is 17.5. The molecule has 2 N–H and O–H groups in total. The molecule has 0 bridgehead atoms. The van der Waals surface area contributed by atoms with E-state index in [1.54, 1.807) is 9.58 Å². The number of aromatic nitrogens is 2. The van der Waals surface area contributed by atoms with Gasteiger partial charge < -0.3 is 15.3 Å². The number of aryl methyl sites for hydroxylation is 1. The quantitative estimate of drug-likeness (QED) is 0.865. The maximum absolute atomic E-state index is 13.2. The van der Waals surface area contributed by atoms with Gasteiger partial charge in [-0.3, -0.25) is 9.48 Å². The molecule has 2 aliphatic heterocycles. The Labute approximate surface area is 148 Å². The highest BCUT2D eigenvalue weighted by Gasteiger charge is 2.49. The Balaban J connectivity index is 1.90. The number of rotatable bonds is 4. The molecule has 3 rings (SSSR count). The topological polar surface area (TPSA) is 87.5 Å². The largest absolute Gasteiger partial charge is 0.480 e. The molecule has 2 aliphatic rings. The highest BCUT2D eigenvalue weighted by molar-refractivity contribution is 5.96. The van der Waals surface area contributed by atoms with Gasteiger partial charge in [-0.1, -0.05) is 13.8 Å². The van der Waals surface area contributed by atoms with Crippen LogP contribution in [0.1, 0.15) is 62.1 Å². The van der Waals surface area contributed by atoms with Crippen molar-refractivity contribution in [1.82, 2.24) is 20.0 Å². The van der Waals surface area contributed by atoms with Crippen LogP contribution in [-0.2, 0) is 11.3 Å². The lowest BCUT2D eigenvalue weighted by molar-refractivity contribution is -0.141. The first-order valence-corrected chi connectivity index (χ1v) is 9.19. The van der Waals surface area contributed by atoms with Crippen molar-refractivity contribution in [1.29, 1.82) is 0 Å². The van der Waals surface area contributed by atoms with Crippen molar-refractivity contribution in [2.75, 3.05) is 19.6 Å². The predicted molar refractivity (Wildman–Crippen MR) is 93.6 cm³/mol. The lowest BCUT2D eigenvalue weighted by Gasteiger charge is -2.33. The number of carboxylic acids is 1. The third-order valence-corrected chi connectivity index (χ3v) is 5.63. The van der Waals surface area contributed by atoms with Gasteiger partial charge in [-0.2, -0.15) is 5.10 Å². The van der Waals surface area contributed by atoms with E-state index in [0.29, 0.717) is 25.2 Å². The average molecular weight is 348 g/mol. The molecule has 0 saturated carbocycles. The van der Waals surface area contributed by atoms with Gasteiger partial charge in [-0.25, -0.2) is 4.79 Å². The number of carboxylic acid groups (broad SMARTS) is 1. The SMILES string of the molecule is CCn1nc(C(C)C)cc1C(=O)N1CC2(CCNCC2)C[C@@H]1C(=O)O. The number of likely N-dealkylation sites (tertiary alicyclic amines) is 1. The fourth-order valence-corrected chi connectivity index (χ4v) is 4.09. The summed E-state index contributed by atoms with van der Waals surface area (Å²) < 4.78 is 1.70. The predicted octanol–water partition coefficient (Wildman–Crippen LogP) is 1.70. The van der Waals surface area contributed by atoms with Gasteiger partial charge in [0.05, 0.1) is 5.69 Å². The normalized spacial score (nSPS) is 22.7. The minimum Gasteiger partial charge on any atom is -0.480 e. The van der Waals surface area contributed by atoms with Gasteiger partial charge in [-0.15, -0.1) is 0 Å². The molecule has 1 amide bonds. The molecule has 1 spiro atoms. The van der Waals surface area contributed by atoms with Crippen LogP contribution in [0.15, 0.2) is 6.07 Å². The average Bonchev–Trinajstić information content (AvgIpc) is 3.17. The number of carbonyl (C=O) groups is 2. The zero-order valence-electron chi connectivity index (χ0n) is 15.3. The number of amides is 1. The van der Waals surface area contributed by atoms with Gasteiger partial charge in [0.25, 0.3) is 5.91 Å². The third kappa shape index (κ3) is 3.29. The van der Waals surface area contributed by atoms with E-state index < -0.39 is 12.0 Å². The first kappa shape index (κ1) is 17.9. The Morgan fingerprint density at radius 2 is 2.08 bits per heavy atom. The van der Waals surface area contributed by atoms with Crippen LogP contribution < -0.4 is 5.32 Å². The highest BCUT2D eigenvalue weighted by atomic mass is 16.4. The van der Waals surface area contributed by atoms with Gasteiger partial charge >= 0.3 is 5.97 Å². The lowest BCUT2D eigenvalue weighted by Crippen LogP contribution is -2.42. The van der Waals surface area contributed by atoms with E-state index in [4.69, 9.17) is 0 Å². The van der Waals surface area contributed by atoms with E-state index in [1.165, 1.54) is 0 Å². The monoisotopic (exact) mass is 348 g/mol. The molecule has 0 aliphatic carbocycles. The summed E-state index contributed by atoms with van der Waals surface area (Å²) in [4.78, 5) is 26.6. The second-order valence-corrected chi connectivity index (χ2v) is 7.67. The van der Waals surface area contributed by atoms with Crippen molar-refractivity contribution >= 4 is 11.9 Å². The number of hydrogen-bond donors (Lipinski definition) is 2. The summed E-state index contributed by atoms with van der Waals surface area (Å²) in [6.07, 6.45) is 2.39. The Morgan fingerprint density at radius 3 is 2.64 bits per heavy atom.